The molecule has 0 aliphatic carbocycles. The number of nitrogens with one attached hydrogen (secondary N) is 1. The van der Waals surface area contributed by atoms with E-state index in [0.29, 0.717) is 23.0 Å². The Morgan fingerprint density at radius 2 is 2.10 bits per heavy atom. The minimum absolute atomic E-state index is 0.507. The zero-order valence-electron chi connectivity index (χ0n) is 12.3. The second-order valence-electron chi connectivity index (χ2n) is 5.82. The lowest BCUT2D eigenvalue weighted by Gasteiger charge is -2.35. The molecule has 2 heterocycles. The summed E-state index contributed by atoms with van der Waals surface area (Å²) in [6.07, 6.45) is 1.74. The molecule has 0 bridgehead atoms. The monoisotopic (exact) mass is 305 g/mol. The Kier molecular flexibility index (Phi) is 4.29. The van der Waals surface area contributed by atoms with Crippen LogP contribution in [0.15, 0.2) is 34.9 Å². The van der Waals surface area contributed by atoms with Gasteiger partial charge in [0.2, 0.25) is 5.89 Å². The van der Waals surface area contributed by atoms with Gasteiger partial charge in [-0.1, -0.05) is 17.7 Å². The maximum Gasteiger partial charge on any atom is 0.226 e. The Morgan fingerprint density at radius 1 is 1.33 bits per heavy atom. The van der Waals surface area contributed by atoms with Crippen molar-refractivity contribution < 1.29 is 4.42 Å². The highest BCUT2D eigenvalue weighted by molar-refractivity contribution is 6.30. The maximum absolute atomic E-state index is 6.00. The van der Waals surface area contributed by atoms with Crippen LogP contribution in [0.1, 0.15) is 19.5 Å². The second kappa shape index (κ2) is 6.18. The summed E-state index contributed by atoms with van der Waals surface area (Å²) in [7, 11) is 0. The summed E-state index contributed by atoms with van der Waals surface area (Å²) in [5.74, 6) is 0.628. The molecule has 1 saturated heterocycles. The quantitative estimate of drug-likeness (QED) is 0.945. The second-order valence-corrected chi connectivity index (χ2v) is 6.25. The number of aromatic nitrogens is 1. The molecule has 4 nitrogen and oxygen atoms in total. The molecule has 0 radical (unpaired) electrons. The van der Waals surface area contributed by atoms with E-state index in [-0.39, 0.29) is 0 Å². The Labute approximate surface area is 130 Å². The van der Waals surface area contributed by atoms with Crippen LogP contribution in [0.5, 0.6) is 0 Å². The SMILES string of the molecule is CC1CN(Cc2coc(-c3cccc(Cl)c3)n2)CC(C)N1. The summed E-state index contributed by atoms with van der Waals surface area (Å²) in [4.78, 5) is 6.99. The fourth-order valence-electron chi connectivity index (χ4n) is 2.93. The topological polar surface area (TPSA) is 41.3 Å². The van der Waals surface area contributed by atoms with Crippen LogP contribution in [0.3, 0.4) is 0 Å². The third-order valence-corrected chi connectivity index (χ3v) is 3.88. The molecule has 0 amide bonds. The summed E-state index contributed by atoms with van der Waals surface area (Å²) in [6, 6.07) is 8.59. The lowest BCUT2D eigenvalue weighted by molar-refractivity contribution is 0.165. The average molecular weight is 306 g/mol. The highest BCUT2D eigenvalue weighted by atomic mass is 35.5. The Balaban J connectivity index is 1.70. The van der Waals surface area contributed by atoms with Crippen LogP contribution in [-0.2, 0) is 6.54 Å². The van der Waals surface area contributed by atoms with Crippen LogP contribution in [0, 0.1) is 0 Å². The molecule has 2 atom stereocenters. The Bertz CT molecular complexity index is 603. The van der Waals surface area contributed by atoms with E-state index < -0.39 is 0 Å². The van der Waals surface area contributed by atoms with Gasteiger partial charge >= 0.3 is 0 Å². The summed E-state index contributed by atoms with van der Waals surface area (Å²) < 4.78 is 5.59. The van der Waals surface area contributed by atoms with Gasteiger partial charge in [0.1, 0.15) is 6.26 Å². The summed E-state index contributed by atoms with van der Waals surface area (Å²) in [6.45, 7) is 7.31. The Hall–Kier alpha value is -1.36. The first-order valence-corrected chi connectivity index (χ1v) is 7.66. The van der Waals surface area contributed by atoms with Crippen LogP contribution >= 0.6 is 11.6 Å². The van der Waals surface area contributed by atoms with Crippen molar-refractivity contribution in [2.45, 2.75) is 32.5 Å². The van der Waals surface area contributed by atoms with Crippen LogP contribution in [0.4, 0.5) is 0 Å². The smallest absolute Gasteiger partial charge is 0.226 e. The van der Waals surface area contributed by atoms with E-state index in [1.54, 1.807) is 6.26 Å². The molecule has 3 rings (SSSR count). The largest absolute Gasteiger partial charge is 0.444 e. The fourth-order valence-corrected chi connectivity index (χ4v) is 3.12. The standard InChI is InChI=1S/C16H20ClN3O/c1-11-7-20(8-12(2)18-11)9-15-10-21-16(19-15)13-4-3-5-14(17)6-13/h3-6,10-12,18H,7-9H2,1-2H3. The van der Waals surface area contributed by atoms with Gasteiger partial charge in [-0.2, -0.15) is 0 Å². The lowest BCUT2D eigenvalue weighted by atomic mass is 10.1. The van der Waals surface area contributed by atoms with E-state index in [2.05, 4.69) is 29.0 Å². The molecule has 1 fully saturated rings. The molecule has 1 aliphatic heterocycles. The van der Waals surface area contributed by atoms with Gasteiger partial charge in [-0.15, -0.1) is 0 Å². The molecule has 1 aromatic heterocycles. The predicted octanol–water partition coefficient (Wildman–Crippen LogP) is 3.18. The maximum atomic E-state index is 6.00. The first kappa shape index (κ1) is 14.6. The molecule has 2 aromatic rings. The van der Waals surface area contributed by atoms with Gasteiger partial charge in [0.25, 0.3) is 0 Å². The number of halogens is 1. The van der Waals surface area contributed by atoms with Crippen LogP contribution in [0.2, 0.25) is 5.02 Å². The summed E-state index contributed by atoms with van der Waals surface area (Å²) in [5, 5.41) is 4.22. The first-order chi connectivity index (χ1) is 10.1. The Morgan fingerprint density at radius 3 is 2.81 bits per heavy atom. The summed E-state index contributed by atoms with van der Waals surface area (Å²) >= 11 is 6.00. The number of piperazine rings is 1. The van der Waals surface area contributed by atoms with Crippen molar-refractivity contribution in [3.8, 4) is 11.5 Å². The number of hydrogen-bond donors (Lipinski definition) is 1. The van der Waals surface area contributed by atoms with Gasteiger partial charge < -0.3 is 9.73 Å². The molecular weight excluding hydrogens is 286 g/mol. The van der Waals surface area contributed by atoms with E-state index in [9.17, 15) is 0 Å². The van der Waals surface area contributed by atoms with Crippen LogP contribution in [-0.4, -0.2) is 35.1 Å². The molecule has 0 spiro atoms. The molecule has 1 N–H and O–H groups in total. The van der Waals surface area contributed by atoms with Gasteiger partial charge in [-0.3, -0.25) is 4.90 Å². The zero-order chi connectivity index (χ0) is 14.8. The highest BCUT2D eigenvalue weighted by Crippen LogP contribution is 2.22. The van der Waals surface area contributed by atoms with Gasteiger partial charge in [-0.05, 0) is 32.0 Å². The highest BCUT2D eigenvalue weighted by Gasteiger charge is 2.21. The molecular formula is C16H20ClN3O. The number of benzene rings is 1. The van der Waals surface area contributed by atoms with E-state index in [1.165, 1.54) is 0 Å². The van der Waals surface area contributed by atoms with Crippen molar-refractivity contribution in [1.82, 2.24) is 15.2 Å². The number of nitrogens with zero attached hydrogens (tertiary/aromatic N) is 2. The molecule has 0 saturated carbocycles. The van der Waals surface area contributed by atoms with Crippen molar-refractivity contribution in [2.24, 2.45) is 0 Å². The van der Waals surface area contributed by atoms with Gasteiger partial charge in [0.05, 0.1) is 5.69 Å². The number of oxazole rings is 1. The number of hydrogen-bond acceptors (Lipinski definition) is 4. The predicted molar refractivity (Wildman–Crippen MR) is 84.3 cm³/mol. The van der Waals surface area contributed by atoms with Crippen LogP contribution < -0.4 is 5.32 Å². The van der Waals surface area contributed by atoms with Crippen molar-refractivity contribution in [3.05, 3.63) is 41.2 Å². The van der Waals surface area contributed by atoms with Gasteiger partial charge in [0, 0.05) is 42.3 Å². The molecule has 1 aliphatic rings. The van der Waals surface area contributed by atoms with E-state index in [1.807, 2.05) is 24.3 Å². The van der Waals surface area contributed by atoms with Gasteiger partial charge in [0.15, 0.2) is 0 Å². The minimum Gasteiger partial charge on any atom is -0.444 e. The van der Waals surface area contributed by atoms with Crippen LogP contribution in [0.25, 0.3) is 11.5 Å². The molecule has 1 aromatic carbocycles. The first-order valence-electron chi connectivity index (χ1n) is 7.29. The fraction of sp³-hybridized carbons (Fsp3) is 0.438. The zero-order valence-corrected chi connectivity index (χ0v) is 13.1. The molecule has 21 heavy (non-hydrogen) atoms. The summed E-state index contributed by atoms with van der Waals surface area (Å²) in [5.41, 5.74) is 1.88. The molecule has 112 valence electrons. The normalized spacial score (nSPS) is 23.4. The van der Waals surface area contributed by atoms with E-state index in [0.717, 1.165) is 30.9 Å². The van der Waals surface area contributed by atoms with Crippen molar-refractivity contribution in [3.63, 3.8) is 0 Å². The number of rotatable bonds is 3. The average Bonchev–Trinajstić information content (AvgIpc) is 2.86. The van der Waals surface area contributed by atoms with Crippen molar-refractivity contribution in [1.29, 1.82) is 0 Å². The third kappa shape index (κ3) is 3.64. The van der Waals surface area contributed by atoms with E-state index >= 15 is 0 Å². The molecule has 5 heteroatoms. The molecule has 2 unspecified atom stereocenters. The lowest BCUT2D eigenvalue weighted by Crippen LogP contribution is -2.53. The van der Waals surface area contributed by atoms with Gasteiger partial charge in [-0.25, -0.2) is 4.98 Å². The third-order valence-electron chi connectivity index (χ3n) is 3.64. The van der Waals surface area contributed by atoms with Crippen molar-refractivity contribution >= 4 is 11.6 Å². The van der Waals surface area contributed by atoms with Crippen molar-refractivity contribution in [2.75, 3.05) is 13.1 Å². The minimum atomic E-state index is 0.507. The van der Waals surface area contributed by atoms with E-state index in [4.69, 9.17) is 16.0 Å².